The van der Waals surface area contributed by atoms with E-state index in [1.165, 1.54) is 6.08 Å². The summed E-state index contributed by atoms with van der Waals surface area (Å²) in [6.07, 6.45) is 3.56. The number of carbonyl (C=O) groups excluding carboxylic acids is 1. The highest BCUT2D eigenvalue weighted by atomic mass is 35.5. The molecule has 0 aliphatic carbocycles. The maximum atomic E-state index is 12.3. The lowest BCUT2D eigenvalue weighted by Crippen LogP contribution is -2.10. The third-order valence-corrected chi connectivity index (χ3v) is 4.51. The maximum Gasteiger partial charge on any atom is 0.354 e. The summed E-state index contributed by atoms with van der Waals surface area (Å²) in [7, 11) is 0. The summed E-state index contributed by atoms with van der Waals surface area (Å²) in [6, 6.07) is 12.5. The van der Waals surface area contributed by atoms with Crippen molar-refractivity contribution in [3.05, 3.63) is 63.7 Å². The monoisotopic (exact) mass is 383 g/mol. The average Bonchev–Trinajstić information content (AvgIpc) is 2.65. The van der Waals surface area contributed by atoms with Crippen LogP contribution in [-0.2, 0) is 4.79 Å². The zero-order valence-electron chi connectivity index (χ0n) is 15.7. The van der Waals surface area contributed by atoms with Crippen LogP contribution >= 0.6 is 11.6 Å². The van der Waals surface area contributed by atoms with Crippen LogP contribution in [0.25, 0.3) is 6.08 Å². The molecule has 5 heteroatoms. The van der Waals surface area contributed by atoms with Gasteiger partial charge in [0.25, 0.3) is 0 Å². The van der Waals surface area contributed by atoms with Crippen LogP contribution in [0.3, 0.4) is 0 Å². The first kappa shape index (κ1) is 20.5. The van der Waals surface area contributed by atoms with Gasteiger partial charge in [0, 0.05) is 5.02 Å². The quantitative estimate of drug-likeness (QED) is 0.204. The number of ether oxygens (including phenoxy) is 2. The molecular formula is C22H22ClNO3. The van der Waals surface area contributed by atoms with Gasteiger partial charge < -0.3 is 9.47 Å². The second-order valence-electron chi connectivity index (χ2n) is 6.20. The maximum absolute atomic E-state index is 12.3. The molecule has 0 fully saturated rings. The molecule has 0 saturated carbocycles. The molecule has 0 atom stereocenters. The molecule has 0 aliphatic rings. The highest BCUT2D eigenvalue weighted by molar-refractivity contribution is 6.32. The van der Waals surface area contributed by atoms with Crippen LogP contribution in [0.15, 0.2) is 42.0 Å². The van der Waals surface area contributed by atoms with Crippen LogP contribution in [0.2, 0.25) is 5.02 Å². The average molecular weight is 384 g/mol. The lowest BCUT2D eigenvalue weighted by molar-refractivity contribution is -0.129. The molecule has 2 aromatic carbocycles. The minimum Gasteiger partial charge on any atom is -0.494 e. The first-order valence-electron chi connectivity index (χ1n) is 8.78. The van der Waals surface area contributed by atoms with E-state index in [-0.39, 0.29) is 5.57 Å². The van der Waals surface area contributed by atoms with E-state index in [2.05, 4.69) is 6.92 Å². The summed E-state index contributed by atoms with van der Waals surface area (Å²) in [4.78, 5) is 12.3. The summed E-state index contributed by atoms with van der Waals surface area (Å²) in [5, 5.41) is 9.95. The highest BCUT2D eigenvalue weighted by Crippen LogP contribution is 2.26. The van der Waals surface area contributed by atoms with Gasteiger partial charge in [-0.15, -0.1) is 0 Å². The summed E-state index contributed by atoms with van der Waals surface area (Å²) >= 11 is 6.12. The van der Waals surface area contributed by atoms with Crippen molar-refractivity contribution in [3.8, 4) is 17.6 Å². The Morgan fingerprint density at radius 2 is 1.78 bits per heavy atom. The van der Waals surface area contributed by atoms with Gasteiger partial charge in [0.05, 0.1) is 6.61 Å². The number of esters is 1. The molecule has 2 rings (SSSR count). The molecule has 2 aromatic rings. The van der Waals surface area contributed by atoms with Crippen LogP contribution < -0.4 is 9.47 Å². The van der Waals surface area contributed by atoms with Gasteiger partial charge in [0.1, 0.15) is 23.1 Å². The number of halogens is 1. The van der Waals surface area contributed by atoms with Gasteiger partial charge in [0.15, 0.2) is 0 Å². The van der Waals surface area contributed by atoms with Crippen molar-refractivity contribution in [2.75, 3.05) is 6.61 Å². The van der Waals surface area contributed by atoms with Crippen LogP contribution in [0, 0.1) is 25.2 Å². The molecular weight excluding hydrogens is 362 g/mol. The van der Waals surface area contributed by atoms with E-state index < -0.39 is 5.97 Å². The number of aryl methyl sites for hydroxylation is 2. The van der Waals surface area contributed by atoms with Crippen LogP contribution in [0.4, 0.5) is 0 Å². The minimum absolute atomic E-state index is 0.0834. The zero-order chi connectivity index (χ0) is 19.8. The standard InChI is InChI=1S/C22H22ClNO3/c1-4-5-10-26-19-8-6-17(7-9-19)13-18(14-24)22(25)27-20-11-15(2)21(23)16(3)12-20/h6-9,11-13H,4-5,10H2,1-3H3/b18-13+. The molecule has 0 N–H and O–H groups in total. The number of hydrogen-bond donors (Lipinski definition) is 0. The van der Waals surface area contributed by atoms with Crippen molar-refractivity contribution in [2.24, 2.45) is 0 Å². The first-order chi connectivity index (χ1) is 12.9. The number of unbranched alkanes of at least 4 members (excludes halogenated alkanes) is 1. The van der Waals surface area contributed by atoms with E-state index in [0.29, 0.717) is 17.4 Å². The third kappa shape index (κ3) is 5.87. The second kappa shape index (κ2) is 9.80. The lowest BCUT2D eigenvalue weighted by atomic mass is 10.1. The van der Waals surface area contributed by atoms with Gasteiger partial charge in [-0.05, 0) is 67.3 Å². The topological polar surface area (TPSA) is 59.3 Å². The van der Waals surface area contributed by atoms with E-state index >= 15 is 0 Å². The Balaban J connectivity index is 2.11. The van der Waals surface area contributed by atoms with E-state index in [4.69, 9.17) is 21.1 Å². The van der Waals surface area contributed by atoms with E-state index in [0.717, 1.165) is 35.3 Å². The molecule has 140 valence electrons. The molecule has 0 radical (unpaired) electrons. The fourth-order valence-electron chi connectivity index (χ4n) is 2.43. The number of carbonyl (C=O) groups is 1. The first-order valence-corrected chi connectivity index (χ1v) is 9.16. The van der Waals surface area contributed by atoms with Gasteiger partial charge in [-0.1, -0.05) is 37.1 Å². The Hall–Kier alpha value is -2.77. The van der Waals surface area contributed by atoms with Gasteiger partial charge in [0.2, 0.25) is 0 Å². The molecule has 0 aliphatic heterocycles. The van der Waals surface area contributed by atoms with Crippen molar-refractivity contribution < 1.29 is 14.3 Å². The number of hydrogen-bond acceptors (Lipinski definition) is 4. The Kier molecular flexibility index (Phi) is 7.45. The molecule has 0 amide bonds. The summed E-state index contributed by atoms with van der Waals surface area (Å²) in [5.41, 5.74) is 2.25. The molecule has 0 bridgehead atoms. The molecule has 4 nitrogen and oxygen atoms in total. The number of nitrogens with zero attached hydrogens (tertiary/aromatic N) is 1. The van der Waals surface area contributed by atoms with Crippen molar-refractivity contribution in [2.45, 2.75) is 33.6 Å². The third-order valence-electron chi connectivity index (χ3n) is 3.92. The Morgan fingerprint density at radius 3 is 2.33 bits per heavy atom. The number of nitriles is 1. The summed E-state index contributed by atoms with van der Waals surface area (Å²) in [5.74, 6) is 0.413. The fraction of sp³-hybridized carbons (Fsp3) is 0.273. The molecule has 0 aromatic heterocycles. The SMILES string of the molecule is CCCCOc1ccc(/C=C(\C#N)C(=O)Oc2cc(C)c(Cl)c(C)c2)cc1. The van der Waals surface area contributed by atoms with Crippen molar-refractivity contribution in [1.29, 1.82) is 5.26 Å². The highest BCUT2D eigenvalue weighted by Gasteiger charge is 2.13. The Bertz CT molecular complexity index is 856. The predicted molar refractivity (Wildman–Crippen MR) is 107 cm³/mol. The van der Waals surface area contributed by atoms with Gasteiger partial charge in [-0.25, -0.2) is 4.79 Å². The van der Waals surface area contributed by atoms with E-state index in [1.54, 1.807) is 24.3 Å². The minimum atomic E-state index is -0.707. The summed E-state index contributed by atoms with van der Waals surface area (Å²) in [6.45, 7) is 6.43. The second-order valence-corrected chi connectivity index (χ2v) is 6.58. The van der Waals surface area contributed by atoms with Crippen molar-refractivity contribution in [1.82, 2.24) is 0 Å². The predicted octanol–water partition coefficient (Wildman–Crippen LogP) is 5.65. The number of benzene rings is 2. The molecule has 0 unspecified atom stereocenters. The van der Waals surface area contributed by atoms with Crippen LogP contribution in [0.1, 0.15) is 36.5 Å². The van der Waals surface area contributed by atoms with Gasteiger partial charge in [-0.3, -0.25) is 0 Å². The lowest BCUT2D eigenvalue weighted by Gasteiger charge is -2.08. The van der Waals surface area contributed by atoms with E-state index in [1.807, 2.05) is 32.0 Å². The molecule has 0 saturated heterocycles. The fourth-order valence-corrected chi connectivity index (χ4v) is 2.53. The Morgan fingerprint density at radius 1 is 1.15 bits per heavy atom. The largest absolute Gasteiger partial charge is 0.494 e. The summed E-state index contributed by atoms with van der Waals surface area (Å²) < 4.78 is 10.9. The smallest absolute Gasteiger partial charge is 0.354 e. The van der Waals surface area contributed by atoms with E-state index in [9.17, 15) is 10.1 Å². The molecule has 27 heavy (non-hydrogen) atoms. The molecule has 0 spiro atoms. The molecule has 0 heterocycles. The Labute approximate surface area is 165 Å². The normalized spacial score (nSPS) is 11.0. The van der Waals surface area contributed by atoms with Gasteiger partial charge >= 0.3 is 5.97 Å². The zero-order valence-corrected chi connectivity index (χ0v) is 16.5. The van der Waals surface area contributed by atoms with Crippen LogP contribution in [-0.4, -0.2) is 12.6 Å². The van der Waals surface area contributed by atoms with Crippen molar-refractivity contribution in [3.63, 3.8) is 0 Å². The van der Waals surface area contributed by atoms with Crippen molar-refractivity contribution >= 4 is 23.6 Å². The van der Waals surface area contributed by atoms with Gasteiger partial charge in [-0.2, -0.15) is 5.26 Å². The number of rotatable bonds is 7. The van der Waals surface area contributed by atoms with Crippen LogP contribution in [0.5, 0.6) is 11.5 Å².